The number of hydrogen-bond acceptors (Lipinski definition) is 6. The van der Waals surface area contributed by atoms with Gasteiger partial charge < -0.3 is 19.9 Å². The van der Waals surface area contributed by atoms with Crippen LogP contribution in [0.2, 0.25) is 0 Å². The molecule has 8 heteroatoms. The molecule has 0 spiro atoms. The average Bonchev–Trinajstić information content (AvgIpc) is 2.70. The van der Waals surface area contributed by atoms with Crippen molar-refractivity contribution in [3.05, 3.63) is 48.0 Å². The fraction of sp³-hybridized carbons (Fsp3) is 0.250. The fourth-order valence-corrected chi connectivity index (χ4v) is 3.11. The van der Waals surface area contributed by atoms with E-state index in [1.54, 1.807) is 42.5 Å². The second kappa shape index (κ2) is 10.4. The number of amides is 1. The van der Waals surface area contributed by atoms with Gasteiger partial charge in [-0.2, -0.15) is 0 Å². The Morgan fingerprint density at radius 3 is 2.25 bits per heavy atom. The summed E-state index contributed by atoms with van der Waals surface area (Å²) in [5.74, 6) is -0.0988. The van der Waals surface area contributed by atoms with Gasteiger partial charge in [0.25, 0.3) is 0 Å². The summed E-state index contributed by atoms with van der Waals surface area (Å²) in [6.07, 6.45) is -0.288. The first-order valence-corrected chi connectivity index (χ1v) is 9.41. The molecule has 0 aliphatic carbocycles. The molecule has 0 atom stereocenters. The van der Waals surface area contributed by atoms with Crippen LogP contribution in [0, 0.1) is 0 Å². The Morgan fingerprint density at radius 1 is 0.964 bits per heavy atom. The highest BCUT2D eigenvalue weighted by molar-refractivity contribution is 8.00. The summed E-state index contributed by atoms with van der Waals surface area (Å²) < 4.78 is 10.4. The van der Waals surface area contributed by atoms with Crippen molar-refractivity contribution < 1.29 is 29.0 Å². The average molecular weight is 403 g/mol. The maximum Gasteiger partial charge on any atom is 0.303 e. The molecule has 2 aromatic rings. The van der Waals surface area contributed by atoms with Crippen LogP contribution in [0.4, 0.5) is 5.69 Å². The number of nitrogens with one attached hydrogen (secondary N) is 1. The number of hydrogen-bond donors (Lipinski definition) is 2. The van der Waals surface area contributed by atoms with Crippen LogP contribution in [0.3, 0.4) is 0 Å². The van der Waals surface area contributed by atoms with Gasteiger partial charge in [0.1, 0.15) is 0 Å². The van der Waals surface area contributed by atoms with Crippen molar-refractivity contribution in [3.63, 3.8) is 0 Å². The SMILES string of the molecule is COc1ccc(C(=O)CSc2ccc(NC(=O)CCC(=O)O)cc2)cc1OC. The Labute approximate surface area is 167 Å². The smallest absolute Gasteiger partial charge is 0.303 e. The summed E-state index contributed by atoms with van der Waals surface area (Å²) >= 11 is 1.38. The number of benzene rings is 2. The summed E-state index contributed by atoms with van der Waals surface area (Å²) in [7, 11) is 3.05. The van der Waals surface area contributed by atoms with E-state index in [0.29, 0.717) is 22.7 Å². The molecule has 1 amide bonds. The number of aliphatic carboxylic acids is 1. The molecule has 0 bridgehead atoms. The van der Waals surface area contributed by atoms with Crippen LogP contribution >= 0.6 is 11.8 Å². The van der Waals surface area contributed by atoms with Crippen LogP contribution in [0.15, 0.2) is 47.4 Å². The van der Waals surface area contributed by atoms with E-state index in [2.05, 4.69) is 5.32 Å². The molecule has 0 heterocycles. The maximum atomic E-state index is 12.4. The van der Waals surface area contributed by atoms with Gasteiger partial charge in [-0.15, -0.1) is 11.8 Å². The van der Waals surface area contributed by atoms with Crippen LogP contribution in [0.25, 0.3) is 0 Å². The van der Waals surface area contributed by atoms with E-state index in [0.717, 1.165) is 4.90 Å². The van der Waals surface area contributed by atoms with Crippen molar-refractivity contribution in [1.29, 1.82) is 0 Å². The van der Waals surface area contributed by atoms with E-state index in [4.69, 9.17) is 14.6 Å². The quantitative estimate of drug-likeness (QED) is 0.462. The predicted molar refractivity (Wildman–Crippen MR) is 107 cm³/mol. The predicted octanol–water partition coefficient (Wildman–Crippen LogP) is 3.48. The van der Waals surface area contributed by atoms with Crippen LogP contribution in [0.5, 0.6) is 11.5 Å². The van der Waals surface area contributed by atoms with Crippen LogP contribution in [0.1, 0.15) is 23.2 Å². The zero-order valence-corrected chi connectivity index (χ0v) is 16.4. The lowest BCUT2D eigenvalue weighted by molar-refractivity contribution is -0.138. The lowest BCUT2D eigenvalue weighted by Crippen LogP contribution is -2.13. The number of rotatable bonds is 10. The van der Waals surface area contributed by atoms with Crippen molar-refractivity contribution in [2.24, 2.45) is 0 Å². The molecular weight excluding hydrogens is 382 g/mol. The topological polar surface area (TPSA) is 102 Å². The number of methoxy groups -OCH3 is 2. The molecule has 2 aromatic carbocycles. The highest BCUT2D eigenvalue weighted by Crippen LogP contribution is 2.29. The van der Waals surface area contributed by atoms with Crippen molar-refractivity contribution in [2.45, 2.75) is 17.7 Å². The Kier molecular flexibility index (Phi) is 7.88. The molecule has 0 aliphatic heterocycles. The first-order chi connectivity index (χ1) is 13.4. The second-order valence-electron chi connectivity index (χ2n) is 5.75. The number of ether oxygens (including phenoxy) is 2. The number of carboxylic acid groups (broad SMARTS) is 1. The highest BCUT2D eigenvalue weighted by atomic mass is 32.2. The lowest BCUT2D eigenvalue weighted by atomic mass is 10.1. The molecule has 7 nitrogen and oxygen atoms in total. The number of anilines is 1. The summed E-state index contributed by atoms with van der Waals surface area (Å²) in [6.45, 7) is 0. The Morgan fingerprint density at radius 2 is 1.64 bits per heavy atom. The Balaban J connectivity index is 1.89. The number of ketones is 1. The van der Waals surface area contributed by atoms with Gasteiger partial charge in [-0.1, -0.05) is 0 Å². The first-order valence-electron chi connectivity index (χ1n) is 8.42. The molecule has 28 heavy (non-hydrogen) atoms. The molecule has 0 aliphatic rings. The standard InChI is InChI=1S/C20H21NO6S/c1-26-17-8-3-13(11-18(17)27-2)16(22)12-28-15-6-4-14(5-7-15)21-19(23)9-10-20(24)25/h3-8,11H,9-10,12H2,1-2H3,(H,21,23)(H,24,25). The zero-order chi connectivity index (χ0) is 20.5. The van der Waals surface area contributed by atoms with Gasteiger partial charge in [-0.05, 0) is 42.5 Å². The van der Waals surface area contributed by atoms with E-state index in [1.165, 1.54) is 26.0 Å². The van der Waals surface area contributed by atoms with Crippen LogP contribution < -0.4 is 14.8 Å². The number of Topliss-reactive ketones (excluding diaryl/α,β-unsaturated/α-hetero) is 1. The third-order valence-corrected chi connectivity index (χ3v) is 4.79. The first kappa shape index (κ1) is 21.3. The van der Waals surface area contributed by atoms with Crippen molar-refractivity contribution in [1.82, 2.24) is 0 Å². The molecule has 0 saturated carbocycles. The van der Waals surface area contributed by atoms with E-state index in [9.17, 15) is 14.4 Å². The van der Waals surface area contributed by atoms with Gasteiger partial charge in [0.15, 0.2) is 17.3 Å². The van der Waals surface area contributed by atoms with Gasteiger partial charge in [0.05, 0.1) is 26.4 Å². The Bertz CT molecular complexity index is 850. The number of carbonyl (C=O) groups is 3. The minimum atomic E-state index is -1.01. The van der Waals surface area contributed by atoms with E-state index in [1.807, 2.05) is 0 Å². The molecule has 0 saturated heterocycles. The van der Waals surface area contributed by atoms with Gasteiger partial charge in [0, 0.05) is 22.6 Å². The molecule has 0 fully saturated rings. The van der Waals surface area contributed by atoms with E-state index >= 15 is 0 Å². The summed E-state index contributed by atoms with van der Waals surface area (Å²) in [5.41, 5.74) is 1.11. The molecule has 0 unspecified atom stereocenters. The lowest BCUT2D eigenvalue weighted by Gasteiger charge is -2.09. The minimum Gasteiger partial charge on any atom is -0.493 e. The third-order valence-electron chi connectivity index (χ3n) is 3.78. The normalized spacial score (nSPS) is 10.2. The van der Waals surface area contributed by atoms with Crippen molar-refractivity contribution in [3.8, 4) is 11.5 Å². The number of carboxylic acids is 1. The largest absolute Gasteiger partial charge is 0.493 e. The van der Waals surface area contributed by atoms with Gasteiger partial charge >= 0.3 is 5.97 Å². The minimum absolute atomic E-state index is 0.0444. The molecule has 2 N–H and O–H groups in total. The van der Waals surface area contributed by atoms with Crippen molar-refractivity contribution >= 4 is 35.1 Å². The Hall–Kier alpha value is -3.00. The van der Waals surface area contributed by atoms with Crippen molar-refractivity contribution in [2.75, 3.05) is 25.3 Å². The van der Waals surface area contributed by atoms with Gasteiger partial charge in [0.2, 0.25) is 5.91 Å². The maximum absolute atomic E-state index is 12.4. The van der Waals surface area contributed by atoms with E-state index < -0.39 is 5.97 Å². The molecule has 0 radical (unpaired) electrons. The van der Waals surface area contributed by atoms with Gasteiger partial charge in [-0.25, -0.2) is 0 Å². The fourth-order valence-electron chi connectivity index (χ4n) is 2.32. The monoisotopic (exact) mass is 403 g/mol. The molecule has 0 aromatic heterocycles. The summed E-state index contributed by atoms with van der Waals surface area (Å²) in [5, 5.41) is 11.2. The molecule has 148 valence electrons. The van der Waals surface area contributed by atoms with Crippen LogP contribution in [-0.2, 0) is 9.59 Å². The number of carbonyl (C=O) groups excluding carboxylic acids is 2. The molecular formula is C20H21NO6S. The highest BCUT2D eigenvalue weighted by Gasteiger charge is 2.11. The second-order valence-corrected chi connectivity index (χ2v) is 6.80. The summed E-state index contributed by atoms with van der Waals surface area (Å²) in [6, 6.07) is 12.0. The van der Waals surface area contributed by atoms with Gasteiger partial charge in [-0.3, -0.25) is 14.4 Å². The van der Waals surface area contributed by atoms with E-state index in [-0.39, 0.29) is 30.3 Å². The number of thioether (sulfide) groups is 1. The third kappa shape index (κ3) is 6.31. The summed E-state index contributed by atoms with van der Waals surface area (Å²) in [4.78, 5) is 35.4. The zero-order valence-electron chi connectivity index (χ0n) is 15.6. The molecule has 2 rings (SSSR count). The van der Waals surface area contributed by atoms with Crippen LogP contribution in [-0.4, -0.2) is 42.7 Å².